The van der Waals surface area contributed by atoms with Crippen LogP contribution in [0.25, 0.3) is 110 Å². The van der Waals surface area contributed by atoms with E-state index >= 15 is 0 Å². The van der Waals surface area contributed by atoms with Gasteiger partial charge in [-0.25, -0.2) is 4.98 Å². The van der Waals surface area contributed by atoms with Gasteiger partial charge in [0.05, 0.1) is 22.1 Å². The quantitative estimate of drug-likeness (QED) is 0.185. The zero-order valence-electron chi connectivity index (χ0n) is 28.1. The van der Waals surface area contributed by atoms with Crippen LogP contribution in [0.3, 0.4) is 0 Å². The van der Waals surface area contributed by atoms with Crippen LogP contribution in [0.2, 0.25) is 0 Å². The molecule has 0 fully saturated rings. The van der Waals surface area contributed by atoms with Gasteiger partial charge >= 0.3 is 0 Å². The molecule has 3 heteroatoms. The fraction of sp³-hybridized carbons (Fsp3) is 0. The van der Waals surface area contributed by atoms with Gasteiger partial charge in [-0.15, -0.1) is 0 Å². The molecule has 0 bridgehead atoms. The van der Waals surface area contributed by atoms with E-state index in [1.54, 1.807) is 0 Å². The van der Waals surface area contributed by atoms with Gasteiger partial charge in [-0.3, -0.25) is 4.57 Å². The Morgan fingerprint density at radius 3 is 1.83 bits per heavy atom. The van der Waals surface area contributed by atoms with Crippen LogP contribution < -0.4 is 0 Å². The van der Waals surface area contributed by atoms with Gasteiger partial charge in [-0.05, 0) is 75.7 Å². The molecule has 3 heterocycles. The number of hydrogen-bond donors (Lipinski definition) is 0. The zero-order chi connectivity index (χ0) is 33.9. The summed E-state index contributed by atoms with van der Waals surface area (Å²) in [6.07, 6.45) is 2.09. The molecule has 3 nitrogen and oxygen atoms in total. The maximum Gasteiger partial charge on any atom is 0.145 e. The minimum Gasteiger partial charge on any atom is -0.309 e. The molecule has 1 aliphatic carbocycles. The highest BCUT2D eigenvalue weighted by molar-refractivity contribution is 6.21. The smallest absolute Gasteiger partial charge is 0.145 e. The molecule has 0 saturated carbocycles. The fourth-order valence-electron chi connectivity index (χ4n) is 9.04. The van der Waals surface area contributed by atoms with E-state index in [1.165, 1.54) is 98.7 Å². The molecule has 0 N–H and O–H groups in total. The molecule has 0 atom stereocenters. The van der Waals surface area contributed by atoms with E-state index in [9.17, 15) is 0 Å². The minimum atomic E-state index is 0.969. The second kappa shape index (κ2) is 10.3. The van der Waals surface area contributed by atoms with E-state index in [-0.39, 0.29) is 0 Å². The first-order chi connectivity index (χ1) is 25.8. The normalized spacial score (nSPS) is 12.2. The van der Waals surface area contributed by atoms with Crippen LogP contribution in [0.5, 0.6) is 0 Å². The Kier molecular flexibility index (Phi) is 5.50. The summed E-state index contributed by atoms with van der Waals surface area (Å²) in [5, 5.41) is 9.86. The third-order valence-corrected chi connectivity index (χ3v) is 11.3. The first kappa shape index (κ1) is 27.8. The number of benzene rings is 8. The highest BCUT2D eigenvalue weighted by atomic mass is 15.1. The van der Waals surface area contributed by atoms with Crippen molar-refractivity contribution >= 4 is 65.2 Å². The van der Waals surface area contributed by atoms with Crippen molar-refractivity contribution in [2.45, 2.75) is 0 Å². The summed E-state index contributed by atoms with van der Waals surface area (Å²) >= 11 is 0. The summed E-state index contributed by atoms with van der Waals surface area (Å²) in [6, 6.07) is 62.0. The van der Waals surface area contributed by atoms with E-state index in [1.807, 2.05) is 0 Å². The van der Waals surface area contributed by atoms with Gasteiger partial charge in [0, 0.05) is 55.2 Å². The number of hydrogen-bond acceptors (Lipinski definition) is 1. The largest absolute Gasteiger partial charge is 0.309 e. The number of rotatable bonds is 3. The van der Waals surface area contributed by atoms with E-state index in [0.717, 1.165) is 11.3 Å². The molecule has 0 spiro atoms. The fourth-order valence-corrected chi connectivity index (χ4v) is 9.04. The Labute approximate surface area is 299 Å². The van der Waals surface area contributed by atoms with Gasteiger partial charge in [-0.2, -0.15) is 0 Å². The Balaban J connectivity index is 1.08. The molecule has 3 aromatic heterocycles. The van der Waals surface area contributed by atoms with Gasteiger partial charge < -0.3 is 4.57 Å². The minimum absolute atomic E-state index is 0.969. The first-order valence-corrected chi connectivity index (χ1v) is 17.9. The van der Waals surface area contributed by atoms with Crippen LogP contribution in [-0.4, -0.2) is 14.1 Å². The predicted molar refractivity (Wildman–Crippen MR) is 218 cm³/mol. The lowest BCUT2D eigenvalue weighted by molar-refractivity contribution is 1.11. The second-order valence-corrected chi connectivity index (χ2v) is 13.9. The highest BCUT2D eigenvalue weighted by Gasteiger charge is 2.25. The Bertz CT molecular complexity index is 3260. The Morgan fingerprint density at radius 2 is 0.981 bits per heavy atom. The van der Waals surface area contributed by atoms with Crippen LogP contribution in [-0.2, 0) is 0 Å². The average Bonchev–Trinajstić information content (AvgIpc) is 3.85. The number of nitrogens with zero attached hydrogens (tertiary/aromatic N) is 3. The summed E-state index contributed by atoms with van der Waals surface area (Å²) in [5.41, 5.74) is 13.4. The molecular formula is C49H29N3. The van der Waals surface area contributed by atoms with Gasteiger partial charge in [0.1, 0.15) is 5.82 Å². The highest BCUT2D eigenvalue weighted by Crippen LogP contribution is 2.49. The van der Waals surface area contributed by atoms with Crippen molar-refractivity contribution < 1.29 is 0 Å². The summed E-state index contributed by atoms with van der Waals surface area (Å²) in [5.74, 6) is 0.969. The lowest BCUT2D eigenvalue weighted by atomic mass is 9.98. The topological polar surface area (TPSA) is 22.8 Å². The van der Waals surface area contributed by atoms with E-state index < -0.39 is 0 Å². The predicted octanol–water partition coefficient (Wildman–Crippen LogP) is 12.9. The Hall–Kier alpha value is -6.97. The Morgan fingerprint density at radius 1 is 0.365 bits per heavy atom. The standard InChI is InChI=1S/C49H29N3/c1-2-11-33(12-3-1)51-44-19-8-7-16-38(44)42-28-31(23-26-46(42)51)30-21-24-34-32(27-30)22-25-40-37-15-6-9-20-45(37)52(48(34)40)49-41-18-10-17-39-35-13-4-5-14-36(35)43(29-50-49)47(39)41/h1-29H. The van der Waals surface area contributed by atoms with Crippen LogP contribution in [0.4, 0.5) is 0 Å². The van der Waals surface area contributed by atoms with Crippen LogP contribution in [0, 0.1) is 0 Å². The lowest BCUT2D eigenvalue weighted by Crippen LogP contribution is -1.99. The van der Waals surface area contributed by atoms with Crippen molar-refractivity contribution in [3.8, 4) is 44.9 Å². The average molecular weight is 660 g/mol. The number of aromatic nitrogens is 3. The van der Waals surface area contributed by atoms with Crippen molar-refractivity contribution in [2.75, 3.05) is 0 Å². The molecule has 0 aliphatic heterocycles. The van der Waals surface area contributed by atoms with Gasteiger partial charge in [0.25, 0.3) is 0 Å². The molecule has 8 aromatic carbocycles. The second-order valence-electron chi connectivity index (χ2n) is 13.9. The van der Waals surface area contributed by atoms with Crippen molar-refractivity contribution in [1.82, 2.24) is 14.1 Å². The SMILES string of the molecule is c1ccc(-n2c3ccccc3c3cc(-c4ccc5c(ccc6c7ccccc7n(-c7ncc8c9c(cccc79)-c7ccccc7-8)c56)c4)ccc32)cc1. The molecule has 0 radical (unpaired) electrons. The van der Waals surface area contributed by atoms with E-state index in [0.29, 0.717) is 0 Å². The molecule has 240 valence electrons. The summed E-state index contributed by atoms with van der Waals surface area (Å²) in [6.45, 7) is 0. The summed E-state index contributed by atoms with van der Waals surface area (Å²) in [7, 11) is 0. The maximum atomic E-state index is 5.26. The molecule has 52 heavy (non-hydrogen) atoms. The molecule has 12 rings (SSSR count). The summed E-state index contributed by atoms with van der Waals surface area (Å²) < 4.78 is 4.78. The number of pyridine rings is 1. The molecule has 11 aromatic rings. The third-order valence-electron chi connectivity index (χ3n) is 11.3. The van der Waals surface area contributed by atoms with Crippen LogP contribution >= 0.6 is 0 Å². The van der Waals surface area contributed by atoms with E-state index in [4.69, 9.17) is 4.98 Å². The van der Waals surface area contributed by atoms with Crippen molar-refractivity contribution in [3.63, 3.8) is 0 Å². The molecule has 0 amide bonds. The zero-order valence-corrected chi connectivity index (χ0v) is 28.1. The van der Waals surface area contributed by atoms with Crippen molar-refractivity contribution in [2.24, 2.45) is 0 Å². The van der Waals surface area contributed by atoms with Crippen LogP contribution in [0.15, 0.2) is 176 Å². The molecular weight excluding hydrogens is 631 g/mol. The van der Waals surface area contributed by atoms with Crippen molar-refractivity contribution in [3.05, 3.63) is 176 Å². The first-order valence-electron chi connectivity index (χ1n) is 17.9. The monoisotopic (exact) mass is 659 g/mol. The van der Waals surface area contributed by atoms with Gasteiger partial charge in [0.15, 0.2) is 0 Å². The third kappa shape index (κ3) is 3.66. The number of para-hydroxylation sites is 3. The lowest BCUT2D eigenvalue weighted by Gasteiger charge is -2.14. The van der Waals surface area contributed by atoms with Crippen molar-refractivity contribution in [1.29, 1.82) is 0 Å². The maximum absolute atomic E-state index is 5.26. The van der Waals surface area contributed by atoms with Gasteiger partial charge in [-0.1, -0.05) is 127 Å². The molecule has 1 aliphatic rings. The summed E-state index contributed by atoms with van der Waals surface area (Å²) in [4.78, 5) is 5.26. The number of fused-ring (bicyclic) bond motifs is 11. The molecule has 0 unspecified atom stereocenters. The van der Waals surface area contributed by atoms with Gasteiger partial charge in [0.2, 0.25) is 0 Å². The molecule has 0 saturated heterocycles. The van der Waals surface area contributed by atoms with Crippen LogP contribution in [0.1, 0.15) is 0 Å². The van der Waals surface area contributed by atoms with E-state index in [2.05, 4.69) is 185 Å².